The molecular formula is C18H28N2O3S. The van der Waals surface area contributed by atoms with E-state index in [1.807, 2.05) is 18.7 Å². The molecule has 24 heavy (non-hydrogen) atoms. The average molecular weight is 353 g/mol. The van der Waals surface area contributed by atoms with Gasteiger partial charge in [0.1, 0.15) is 0 Å². The van der Waals surface area contributed by atoms with Crippen LogP contribution in [-0.2, 0) is 10.0 Å². The summed E-state index contributed by atoms with van der Waals surface area (Å²) in [6.45, 7) is 9.87. The number of likely N-dealkylation sites (tertiary alicyclic amines) is 1. The zero-order valence-corrected chi connectivity index (χ0v) is 15.9. The molecule has 1 aliphatic heterocycles. The number of hydrogen-bond donors (Lipinski definition) is 0. The van der Waals surface area contributed by atoms with Crippen LogP contribution in [-0.4, -0.2) is 49.7 Å². The third-order valence-corrected chi connectivity index (χ3v) is 6.89. The third kappa shape index (κ3) is 3.81. The van der Waals surface area contributed by atoms with Crippen LogP contribution in [0.3, 0.4) is 0 Å². The summed E-state index contributed by atoms with van der Waals surface area (Å²) in [6.07, 6.45) is 2.14. The van der Waals surface area contributed by atoms with Crippen LogP contribution in [0.2, 0.25) is 0 Å². The Morgan fingerprint density at radius 2 is 1.96 bits per heavy atom. The molecule has 0 aliphatic carbocycles. The Hall–Kier alpha value is -1.40. The monoisotopic (exact) mass is 352 g/mol. The van der Waals surface area contributed by atoms with Gasteiger partial charge in [-0.25, -0.2) is 8.42 Å². The van der Waals surface area contributed by atoms with Crippen LogP contribution in [0.25, 0.3) is 0 Å². The lowest BCUT2D eigenvalue weighted by Crippen LogP contribution is -2.39. The number of hydrogen-bond acceptors (Lipinski definition) is 3. The Bertz CT molecular complexity index is 696. The molecule has 0 N–H and O–H groups in total. The highest BCUT2D eigenvalue weighted by Crippen LogP contribution is 2.23. The molecule has 1 saturated heterocycles. The summed E-state index contributed by atoms with van der Waals surface area (Å²) in [4.78, 5) is 14.8. The van der Waals surface area contributed by atoms with Gasteiger partial charge in [0.2, 0.25) is 10.0 Å². The fourth-order valence-corrected chi connectivity index (χ4v) is 4.98. The summed E-state index contributed by atoms with van der Waals surface area (Å²) < 4.78 is 27.1. The molecule has 6 heteroatoms. The number of carbonyl (C=O) groups excluding carboxylic acids is 1. The number of aryl methyl sites for hydroxylation is 1. The first-order valence-electron chi connectivity index (χ1n) is 8.71. The van der Waals surface area contributed by atoms with E-state index >= 15 is 0 Å². The van der Waals surface area contributed by atoms with E-state index in [0.29, 0.717) is 30.1 Å². The highest BCUT2D eigenvalue weighted by Gasteiger charge is 2.27. The van der Waals surface area contributed by atoms with Crippen molar-refractivity contribution in [3.05, 3.63) is 29.3 Å². The van der Waals surface area contributed by atoms with E-state index in [2.05, 4.69) is 6.92 Å². The summed E-state index contributed by atoms with van der Waals surface area (Å²) in [5.41, 5.74) is 1.13. The maximum Gasteiger partial charge on any atom is 0.253 e. The molecule has 134 valence electrons. The van der Waals surface area contributed by atoms with Crippen molar-refractivity contribution in [1.82, 2.24) is 9.21 Å². The van der Waals surface area contributed by atoms with Crippen LogP contribution in [0.1, 0.15) is 49.5 Å². The minimum Gasteiger partial charge on any atom is -0.338 e. The Morgan fingerprint density at radius 3 is 2.54 bits per heavy atom. The summed E-state index contributed by atoms with van der Waals surface area (Å²) in [7, 11) is -3.57. The van der Waals surface area contributed by atoms with Crippen LogP contribution < -0.4 is 0 Å². The van der Waals surface area contributed by atoms with E-state index in [-0.39, 0.29) is 10.8 Å². The third-order valence-electron chi connectivity index (χ3n) is 4.70. The molecule has 1 amide bonds. The molecule has 1 aromatic rings. The van der Waals surface area contributed by atoms with Gasteiger partial charge in [-0.15, -0.1) is 0 Å². The Balaban J connectivity index is 2.36. The second-order valence-electron chi connectivity index (χ2n) is 6.57. The number of nitrogens with zero attached hydrogens (tertiary/aromatic N) is 2. The standard InChI is InChI=1S/C18H28N2O3S/c1-5-20(6-2)24(22,23)17-12-16(10-9-15(17)4)18(21)19-11-7-8-14(3)13-19/h9-10,12,14H,5-8,11,13H2,1-4H3. The lowest BCUT2D eigenvalue weighted by molar-refractivity contribution is 0.0683. The van der Waals surface area contributed by atoms with Crippen molar-refractivity contribution < 1.29 is 13.2 Å². The lowest BCUT2D eigenvalue weighted by atomic mass is 9.99. The van der Waals surface area contributed by atoms with Gasteiger partial charge in [-0.05, 0) is 43.4 Å². The second-order valence-corrected chi connectivity index (χ2v) is 8.47. The number of amides is 1. The Labute approximate surface area is 145 Å². The zero-order valence-electron chi connectivity index (χ0n) is 15.1. The second kappa shape index (κ2) is 7.66. The van der Waals surface area contributed by atoms with Gasteiger partial charge in [0.05, 0.1) is 4.90 Å². The van der Waals surface area contributed by atoms with Gasteiger partial charge >= 0.3 is 0 Å². The molecule has 1 fully saturated rings. The first kappa shape index (κ1) is 18.9. The first-order chi connectivity index (χ1) is 11.3. The highest BCUT2D eigenvalue weighted by atomic mass is 32.2. The molecule has 1 aliphatic rings. The fourth-order valence-electron chi connectivity index (χ4n) is 3.27. The zero-order chi connectivity index (χ0) is 17.9. The number of sulfonamides is 1. The number of benzene rings is 1. The van der Waals surface area contributed by atoms with Gasteiger partial charge in [-0.1, -0.05) is 26.8 Å². The summed E-state index contributed by atoms with van der Waals surface area (Å²) in [5.74, 6) is 0.421. The van der Waals surface area contributed by atoms with Crippen molar-refractivity contribution >= 4 is 15.9 Å². The molecule has 0 saturated carbocycles. The summed E-state index contributed by atoms with van der Waals surface area (Å²) >= 11 is 0. The van der Waals surface area contributed by atoms with Gasteiger partial charge in [-0.2, -0.15) is 4.31 Å². The molecule has 2 rings (SSSR count). The van der Waals surface area contributed by atoms with Crippen molar-refractivity contribution in [1.29, 1.82) is 0 Å². The normalized spacial score (nSPS) is 18.9. The quantitative estimate of drug-likeness (QED) is 0.819. The number of carbonyl (C=O) groups is 1. The predicted octanol–water partition coefficient (Wildman–Crippen LogP) is 2.90. The molecule has 5 nitrogen and oxygen atoms in total. The average Bonchev–Trinajstić information content (AvgIpc) is 2.55. The molecule has 0 spiro atoms. The molecule has 0 aromatic heterocycles. The van der Waals surface area contributed by atoms with Crippen molar-refractivity contribution in [2.75, 3.05) is 26.2 Å². The van der Waals surface area contributed by atoms with E-state index in [9.17, 15) is 13.2 Å². The van der Waals surface area contributed by atoms with Crippen LogP contribution in [0, 0.1) is 12.8 Å². The van der Waals surface area contributed by atoms with Gasteiger partial charge in [0.15, 0.2) is 0 Å². The topological polar surface area (TPSA) is 57.7 Å². The van der Waals surface area contributed by atoms with Crippen LogP contribution in [0.4, 0.5) is 0 Å². The van der Waals surface area contributed by atoms with Crippen LogP contribution in [0.5, 0.6) is 0 Å². The summed E-state index contributed by atoms with van der Waals surface area (Å²) in [6, 6.07) is 5.01. The van der Waals surface area contributed by atoms with Crippen molar-refractivity contribution in [2.45, 2.75) is 45.4 Å². The smallest absolute Gasteiger partial charge is 0.253 e. The molecule has 1 aromatic carbocycles. The largest absolute Gasteiger partial charge is 0.338 e. The van der Waals surface area contributed by atoms with Crippen molar-refractivity contribution in [3.63, 3.8) is 0 Å². The van der Waals surface area contributed by atoms with E-state index in [1.54, 1.807) is 25.1 Å². The molecule has 0 radical (unpaired) electrons. The Morgan fingerprint density at radius 1 is 1.29 bits per heavy atom. The molecule has 1 unspecified atom stereocenters. The van der Waals surface area contributed by atoms with E-state index in [1.165, 1.54) is 4.31 Å². The van der Waals surface area contributed by atoms with E-state index in [0.717, 1.165) is 25.9 Å². The predicted molar refractivity (Wildman–Crippen MR) is 95.6 cm³/mol. The van der Waals surface area contributed by atoms with Crippen molar-refractivity contribution in [2.24, 2.45) is 5.92 Å². The lowest BCUT2D eigenvalue weighted by Gasteiger charge is -2.31. The van der Waals surface area contributed by atoms with E-state index in [4.69, 9.17) is 0 Å². The van der Waals surface area contributed by atoms with Crippen molar-refractivity contribution in [3.8, 4) is 0 Å². The highest BCUT2D eigenvalue weighted by molar-refractivity contribution is 7.89. The van der Waals surface area contributed by atoms with Gasteiger partial charge in [0, 0.05) is 31.7 Å². The maximum atomic E-state index is 12.8. The minimum absolute atomic E-state index is 0.0717. The van der Waals surface area contributed by atoms with Gasteiger partial charge in [-0.3, -0.25) is 4.79 Å². The van der Waals surface area contributed by atoms with Crippen LogP contribution >= 0.6 is 0 Å². The number of piperidine rings is 1. The summed E-state index contributed by atoms with van der Waals surface area (Å²) in [5, 5.41) is 0. The maximum absolute atomic E-state index is 12.8. The molecular weight excluding hydrogens is 324 g/mol. The van der Waals surface area contributed by atoms with Gasteiger partial charge in [0.25, 0.3) is 5.91 Å². The fraction of sp³-hybridized carbons (Fsp3) is 0.611. The van der Waals surface area contributed by atoms with E-state index < -0.39 is 10.0 Å². The van der Waals surface area contributed by atoms with Crippen LogP contribution in [0.15, 0.2) is 23.1 Å². The number of rotatable bonds is 5. The molecule has 0 bridgehead atoms. The Kier molecular flexibility index (Phi) is 6.04. The molecule has 1 heterocycles. The van der Waals surface area contributed by atoms with Gasteiger partial charge < -0.3 is 4.90 Å². The first-order valence-corrected chi connectivity index (χ1v) is 10.1. The minimum atomic E-state index is -3.57. The molecule has 1 atom stereocenters. The SMILES string of the molecule is CCN(CC)S(=O)(=O)c1cc(C(=O)N2CCCC(C)C2)ccc1C.